The van der Waals surface area contributed by atoms with E-state index in [2.05, 4.69) is 81.2 Å². The summed E-state index contributed by atoms with van der Waals surface area (Å²) in [5.74, 6) is 1.85. The number of aromatic nitrogens is 2. The largest absolute Gasteiger partial charge is 0.354 e. The van der Waals surface area contributed by atoms with Crippen LogP contribution in [0, 0.1) is 0 Å². The second-order valence-electron chi connectivity index (χ2n) is 8.02. The number of fused-ring (bicyclic) bond motifs is 1. The minimum Gasteiger partial charge on any atom is -0.354 e. The summed E-state index contributed by atoms with van der Waals surface area (Å²) in [5, 5.41) is 0. The minimum atomic E-state index is 0.380. The predicted octanol–water partition coefficient (Wildman–Crippen LogP) is 3.88. The maximum Gasteiger partial charge on any atom is 0.232 e. The number of hydrogen-bond donors (Lipinski definition) is 0. The van der Waals surface area contributed by atoms with Gasteiger partial charge in [0.15, 0.2) is 0 Å². The van der Waals surface area contributed by atoms with Crippen molar-refractivity contribution in [1.29, 1.82) is 0 Å². The summed E-state index contributed by atoms with van der Waals surface area (Å²) in [6, 6.07) is 21.7. The average molecular weight is 386 g/mol. The van der Waals surface area contributed by atoms with Gasteiger partial charge in [0.25, 0.3) is 0 Å². The molecule has 2 aromatic carbocycles. The van der Waals surface area contributed by atoms with Crippen LogP contribution in [0.1, 0.15) is 18.1 Å². The van der Waals surface area contributed by atoms with Gasteiger partial charge in [-0.2, -0.15) is 4.98 Å². The highest BCUT2D eigenvalue weighted by atomic mass is 15.3. The number of para-hydroxylation sites is 1. The van der Waals surface area contributed by atoms with E-state index in [0.29, 0.717) is 6.04 Å². The highest BCUT2D eigenvalue weighted by Crippen LogP contribution is 2.36. The van der Waals surface area contributed by atoms with Gasteiger partial charge in [-0.3, -0.25) is 4.90 Å². The van der Waals surface area contributed by atoms with Crippen molar-refractivity contribution in [2.75, 3.05) is 36.0 Å². The summed E-state index contributed by atoms with van der Waals surface area (Å²) in [6.07, 6.45) is 2.95. The molecule has 29 heavy (non-hydrogen) atoms. The molecule has 1 atom stereocenters. The van der Waals surface area contributed by atoms with Crippen LogP contribution in [0.4, 0.5) is 17.5 Å². The van der Waals surface area contributed by atoms with E-state index in [4.69, 9.17) is 4.98 Å². The van der Waals surface area contributed by atoms with Gasteiger partial charge in [0, 0.05) is 50.6 Å². The predicted molar refractivity (Wildman–Crippen MR) is 118 cm³/mol. The molecule has 3 heterocycles. The number of nitrogens with zero attached hydrogens (tertiary/aromatic N) is 5. The lowest BCUT2D eigenvalue weighted by Crippen LogP contribution is -2.46. The molecule has 0 aliphatic carbocycles. The van der Waals surface area contributed by atoms with Gasteiger partial charge in [0.05, 0.1) is 0 Å². The highest BCUT2D eigenvalue weighted by molar-refractivity contribution is 5.67. The van der Waals surface area contributed by atoms with E-state index in [9.17, 15) is 0 Å². The van der Waals surface area contributed by atoms with E-state index in [1.807, 2.05) is 12.3 Å². The van der Waals surface area contributed by atoms with Crippen LogP contribution in [0.2, 0.25) is 0 Å². The summed E-state index contributed by atoms with van der Waals surface area (Å²) in [6.45, 7) is 7.36. The third-order valence-electron chi connectivity index (χ3n) is 6.00. The fraction of sp³-hybridized carbons (Fsp3) is 0.333. The fourth-order valence-electron chi connectivity index (χ4n) is 4.48. The first-order chi connectivity index (χ1) is 14.3. The van der Waals surface area contributed by atoms with Crippen molar-refractivity contribution in [2.24, 2.45) is 0 Å². The summed E-state index contributed by atoms with van der Waals surface area (Å²) in [4.78, 5) is 16.8. The molecule has 0 N–H and O–H groups in total. The van der Waals surface area contributed by atoms with Gasteiger partial charge in [-0.25, -0.2) is 4.98 Å². The Kier molecular flexibility index (Phi) is 4.90. The van der Waals surface area contributed by atoms with Crippen LogP contribution in [-0.2, 0) is 13.0 Å². The van der Waals surface area contributed by atoms with Gasteiger partial charge in [-0.05, 0) is 36.6 Å². The van der Waals surface area contributed by atoms with Gasteiger partial charge in [-0.1, -0.05) is 48.5 Å². The van der Waals surface area contributed by atoms with Gasteiger partial charge in [0.2, 0.25) is 5.95 Å². The summed E-state index contributed by atoms with van der Waals surface area (Å²) < 4.78 is 0. The number of anilines is 3. The van der Waals surface area contributed by atoms with Crippen molar-refractivity contribution in [1.82, 2.24) is 14.9 Å². The first-order valence-electron chi connectivity index (χ1n) is 10.5. The first kappa shape index (κ1) is 18.1. The molecule has 0 amide bonds. The maximum absolute atomic E-state index is 4.96. The van der Waals surface area contributed by atoms with Crippen LogP contribution in [0.3, 0.4) is 0 Å². The molecule has 1 fully saturated rings. The van der Waals surface area contributed by atoms with E-state index in [0.717, 1.165) is 50.9 Å². The zero-order valence-electron chi connectivity index (χ0n) is 16.9. The van der Waals surface area contributed by atoms with Gasteiger partial charge < -0.3 is 9.80 Å². The molecule has 2 aliphatic rings. The van der Waals surface area contributed by atoms with Crippen LogP contribution < -0.4 is 9.80 Å². The lowest BCUT2D eigenvalue weighted by atomic mass is 10.1. The van der Waals surface area contributed by atoms with Gasteiger partial charge in [-0.15, -0.1) is 0 Å². The summed E-state index contributed by atoms with van der Waals surface area (Å²) in [5.41, 5.74) is 4.00. The molecule has 5 heteroatoms. The molecule has 5 nitrogen and oxygen atoms in total. The lowest BCUT2D eigenvalue weighted by Gasteiger charge is -2.35. The first-order valence-corrected chi connectivity index (χ1v) is 10.5. The Morgan fingerprint density at radius 2 is 1.66 bits per heavy atom. The lowest BCUT2D eigenvalue weighted by molar-refractivity contribution is 0.249. The molecule has 5 rings (SSSR count). The molecule has 3 aromatic rings. The van der Waals surface area contributed by atoms with Crippen LogP contribution in [0.15, 0.2) is 66.9 Å². The molecule has 1 aromatic heterocycles. The highest BCUT2D eigenvalue weighted by Gasteiger charge is 2.29. The monoisotopic (exact) mass is 385 g/mol. The third-order valence-corrected chi connectivity index (χ3v) is 6.00. The van der Waals surface area contributed by atoms with Gasteiger partial charge in [0.1, 0.15) is 5.82 Å². The zero-order chi connectivity index (χ0) is 19.6. The number of hydrogen-bond acceptors (Lipinski definition) is 5. The normalized spacial score (nSPS) is 19.4. The van der Waals surface area contributed by atoms with Crippen molar-refractivity contribution < 1.29 is 0 Å². The maximum atomic E-state index is 4.96. The molecule has 0 spiro atoms. The van der Waals surface area contributed by atoms with Crippen LogP contribution >= 0.6 is 0 Å². The van der Waals surface area contributed by atoms with Crippen LogP contribution in [0.5, 0.6) is 0 Å². The Bertz CT molecular complexity index is 966. The quantitative estimate of drug-likeness (QED) is 0.681. The Labute approximate surface area is 172 Å². The van der Waals surface area contributed by atoms with Crippen molar-refractivity contribution >= 4 is 17.5 Å². The van der Waals surface area contributed by atoms with Crippen molar-refractivity contribution in [3.05, 3.63) is 78.0 Å². The minimum absolute atomic E-state index is 0.380. The number of benzene rings is 2. The second-order valence-corrected chi connectivity index (χ2v) is 8.02. The molecule has 1 saturated heterocycles. The van der Waals surface area contributed by atoms with E-state index >= 15 is 0 Å². The summed E-state index contributed by atoms with van der Waals surface area (Å²) in [7, 11) is 0. The van der Waals surface area contributed by atoms with E-state index < -0.39 is 0 Å². The van der Waals surface area contributed by atoms with E-state index in [1.54, 1.807) is 0 Å². The van der Waals surface area contributed by atoms with Crippen molar-refractivity contribution in [3.63, 3.8) is 0 Å². The van der Waals surface area contributed by atoms with E-state index in [-0.39, 0.29) is 0 Å². The molecule has 1 unspecified atom stereocenters. The molecule has 148 valence electrons. The molecular formula is C24H27N5. The Morgan fingerprint density at radius 1 is 0.897 bits per heavy atom. The summed E-state index contributed by atoms with van der Waals surface area (Å²) >= 11 is 0. The second kappa shape index (κ2) is 7.84. The van der Waals surface area contributed by atoms with E-state index in [1.165, 1.54) is 16.8 Å². The van der Waals surface area contributed by atoms with Crippen LogP contribution in [0.25, 0.3) is 0 Å². The smallest absolute Gasteiger partial charge is 0.232 e. The van der Waals surface area contributed by atoms with Crippen LogP contribution in [-0.4, -0.2) is 47.1 Å². The molecule has 0 radical (unpaired) electrons. The SMILES string of the molecule is CC1Cc2ccccc2N1c1nccc(N2CCN(Cc3ccccc3)CC2)n1. The number of rotatable bonds is 4. The molecule has 0 bridgehead atoms. The Morgan fingerprint density at radius 3 is 2.48 bits per heavy atom. The average Bonchev–Trinajstić information content (AvgIpc) is 3.11. The third kappa shape index (κ3) is 3.70. The van der Waals surface area contributed by atoms with Gasteiger partial charge >= 0.3 is 0 Å². The molecule has 2 aliphatic heterocycles. The number of piperazine rings is 1. The zero-order valence-corrected chi connectivity index (χ0v) is 16.9. The Balaban J connectivity index is 1.29. The topological polar surface area (TPSA) is 35.5 Å². The standard InChI is InChI=1S/C24H27N5/c1-19-17-21-9-5-6-10-22(21)29(19)24-25-12-11-23(26-24)28-15-13-27(14-16-28)18-20-7-3-2-4-8-20/h2-12,19H,13-18H2,1H3. The molecule has 0 saturated carbocycles. The van der Waals surface area contributed by atoms with Crippen molar-refractivity contribution in [2.45, 2.75) is 25.9 Å². The Hall–Kier alpha value is -2.92. The van der Waals surface area contributed by atoms with Crippen molar-refractivity contribution in [3.8, 4) is 0 Å². The molecular weight excluding hydrogens is 358 g/mol. The fourth-order valence-corrected chi connectivity index (χ4v) is 4.48.